The minimum atomic E-state index is -0.526. The third kappa shape index (κ3) is 6.30. The van der Waals surface area contributed by atoms with Gasteiger partial charge < -0.3 is 24.5 Å². The lowest BCUT2D eigenvalue weighted by Crippen LogP contribution is -2.39. The van der Waals surface area contributed by atoms with Crippen LogP contribution < -0.4 is 30.2 Å². The lowest BCUT2D eigenvalue weighted by molar-refractivity contribution is 0.256. The molecular formula is C27H31N7O4. The van der Waals surface area contributed by atoms with E-state index in [9.17, 15) is 4.79 Å². The number of carbonyl (C=O) groups is 1. The first-order valence-corrected chi connectivity index (χ1v) is 12.0. The highest BCUT2D eigenvalue weighted by Crippen LogP contribution is 2.39. The molecule has 0 saturated heterocycles. The smallest absolute Gasteiger partial charge is 0.326 e. The van der Waals surface area contributed by atoms with E-state index < -0.39 is 6.03 Å². The number of hydrogen-bond acceptors (Lipinski definition) is 7. The summed E-state index contributed by atoms with van der Waals surface area (Å²) in [5, 5.41) is 9.72. The number of rotatable bonds is 8. The van der Waals surface area contributed by atoms with Crippen LogP contribution in [0.2, 0.25) is 0 Å². The molecule has 4 aromatic rings. The van der Waals surface area contributed by atoms with Gasteiger partial charge in [0.05, 0.1) is 27.0 Å². The van der Waals surface area contributed by atoms with Crippen molar-refractivity contribution in [2.45, 2.75) is 20.3 Å². The van der Waals surface area contributed by atoms with Gasteiger partial charge in [0.2, 0.25) is 17.7 Å². The van der Waals surface area contributed by atoms with Crippen LogP contribution in [0.5, 0.6) is 17.2 Å². The Hall–Kier alpha value is -4.80. The summed E-state index contributed by atoms with van der Waals surface area (Å²) in [6.45, 7) is 4.16. The van der Waals surface area contributed by atoms with E-state index in [1.165, 1.54) is 21.3 Å². The van der Waals surface area contributed by atoms with Gasteiger partial charge in [0.1, 0.15) is 0 Å². The number of methoxy groups -OCH3 is 3. The molecule has 0 radical (unpaired) electrons. The summed E-state index contributed by atoms with van der Waals surface area (Å²) >= 11 is 0. The lowest BCUT2D eigenvalue weighted by atomic mass is 10.1. The van der Waals surface area contributed by atoms with Crippen LogP contribution in [0.15, 0.2) is 53.7 Å². The van der Waals surface area contributed by atoms with Gasteiger partial charge in [-0.2, -0.15) is 0 Å². The van der Waals surface area contributed by atoms with Gasteiger partial charge in [-0.15, -0.1) is 0 Å². The van der Waals surface area contributed by atoms with E-state index in [-0.39, 0.29) is 5.96 Å². The molecule has 2 aromatic heterocycles. The molecule has 38 heavy (non-hydrogen) atoms. The van der Waals surface area contributed by atoms with Crippen molar-refractivity contribution in [3.63, 3.8) is 0 Å². The van der Waals surface area contributed by atoms with E-state index in [0.717, 1.165) is 27.9 Å². The number of ether oxygens (including phenoxy) is 3. The molecule has 0 saturated carbocycles. The number of guanidine groups is 1. The zero-order valence-electron chi connectivity index (χ0n) is 22.0. The summed E-state index contributed by atoms with van der Waals surface area (Å²) in [5.74, 6) is 1.79. The van der Waals surface area contributed by atoms with Crippen LogP contribution in [0.1, 0.15) is 17.0 Å². The van der Waals surface area contributed by atoms with E-state index in [0.29, 0.717) is 41.8 Å². The quantitative estimate of drug-likeness (QED) is 0.201. The predicted molar refractivity (Wildman–Crippen MR) is 148 cm³/mol. The number of nitrogens with one attached hydrogen (secondary N) is 4. The van der Waals surface area contributed by atoms with Crippen LogP contribution in [0.25, 0.3) is 10.9 Å². The van der Waals surface area contributed by atoms with E-state index in [4.69, 9.17) is 14.2 Å². The lowest BCUT2D eigenvalue weighted by Gasteiger charge is -2.15. The number of anilines is 2. The predicted octanol–water partition coefficient (Wildman–Crippen LogP) is 4.43. The Balaban J connectivity index is 1.53. The number of urea groups is 1. The molecule has 2 heterocycles. The second-order valence-electron chi connectivity index (χ2n) is 8.43. The molecule has 0 spiro atoms. The van der Waals surface area contributed by atoms with E-state index in [1.54, 1.807) is 12.1 Å². The van der Waals surface area contributed by atoms with Crippen LogP contribution >= 0.6 is 0 Å². The molecule has 0 aliphatic rings. The first-order chi connectivity index (χ1) is 18.4. The molecule has 0 aliphatic carbocycles. The number of para-hydroxylation sites is 1. The van der Waals surface area contributed by atoms with Crippen molar-refractivity contribution in [3.05, 3.63) is 65.6 Å². The Labute approximate surface area is 220 Å². The van der Waals surface area contributed by atoms with Crippen molar-refractivity contribution in [3.8, 4) is 17.2 Å². The molecule has 11 heteroatoms. The number of aromatic nitrogens is 3. The number of hydrogen-bond donors (Lipinski definition) is 4. The number of aromatic amines is 1. The molecule has 2 amide bonds. The zero-order valence-corrected chi connectivity index (χ0v) is 22.0. The summed E-state index contributed by atoms with van der Waals surface area (Å²) < 4.78 is 16.1. The highest BCUT2D eigenvalue weighted by atomic mass is 16.5. The normalized spacial score (nSPS) is 11.2. The highest BCUT2D eigenvalue weighted by Gasteiger charge is 2.16. The fourth-order valence-corrected chi connectivity index (χ4v) is 4.05. The first-order valence-electron chi connectivity index (χ1n) is 12.0. The second-order valence-corrected chi connectivity index (χ2v) is 8.43. The van der Waals surface area contributed by atoms with Crippen molar-refractivity contribution < 1.29 is 19.0 Å². The zero-order chi connectivity index (χ0) is 27.1. The average Bonchev–Trinajstić information content (AvgIpc) is 3.30. The third-order valence-corrected chi connectivity index (χ3v) is 5.69. The molecular weight excluding hydrogens is 486 g/mol. The van der Waals surface area contributed by atoms with Gasteiger partial charge >= 0.3 is 6.03 Å². The van der Waals surface area contributed by atoms with Gasteiger partial charge in [0.25, 0.3) is 0 Å². The number of aliphatic imine (C=N–C) groups is 1. The second kappa shape index (κ2) is 12.0. The molecule has 0 bridgehead atoms. The molecule has 4 N–H and O–H groups in total. The van der Waals surface area contributed by atoms with Crippen molar-refractivity contribution in [1.29, 1.82) is 0 Å². The summed E-state index contributed by atoms with van der Waals surface area (Å²) in [7, 11) is 4.53. The summed E-state index contributed by atoms with van der Waals surface area (Å²) in [4.78, 5) is 29.6. The largest absolute Gasteiger partial charge is 0.493 e. The van der Waals surface area contributed by atoms with Gasteiger partial charge in [-0.3, -0.25) is 15.6 Å². The number of amides is 2. The fraction of sp³-hybridized carbons (Fsp3) is 0.259. The standard InChI is InChI=1S/C27H31N7O4/c1-16-12-17(2)31-26(30-16)33-25(28-11-10-18-15-29-21-9-7-6-8-20(18)21)34-27(35)32-19-13-22(36-3)24(38-5)23(14-19)37-4/h6-9,12-15,29H,10-11H2,1-5H3,(H3,28,30,31,32,33,34,35). The third-order valence-electron chi connectivity index (χ3n) is 5.69. The van der Waals surface area contributed by atoms with Gasteiger partial charge in [0.15, 0.2) is 11.5 Å². The maximum absolute atomic E-state index is 13.0. The Morgan fingerprint density at radius 1 is 0.947 bits per heavy atom. The molecule has 0 atom stereocenters. The average molecular weight is 518 g/mol. The first kappa shape index (κ1) is 26.3. The molecule has 2 aromatic carbocycles. The molecule has 11 nitrogen and oxygen atoms in total. The van der Waals surface area contributed by atoms with E-state index in [1.807, 2.05) is 44.3 Å². The number of aryl methyl sites for hydroxylation is 2. The Morgan fingerprint density at radius 2 is 1.63 bits per heavy atom. The van der Waals surface area contributed by atoms with Crippen LogP contribution in [0.3, 0.4) is 0 Å². The maximum atomic E-state index is 13.0. The molecule has 4 rings (SSSR count). The Kier molecular flexibility index (Phi) is 8.27. The van der Waals surface area contributed by atoms with Crippen molar-refractivity contribution in [2.24, 2.45) is 4.99 Å². The number of benzene rings is 2. The van der Waals surface area contributed by atoms with Crippen LogP contribution in [-0.2, 0) is 6.42 Å². The highest BCUT2D eigenvalue weighted by molar-refractivity contribution is 6.07. The van der Waals surface area contributed by atoms with Gasteiger partial charge in [0, 0.05) is 47.2 Å². The SMILES string of the molecule is COc1cc(NC(=O)NC(=NCCc2c[nH]c3ccccc23)Nc2nc(C)cc(C)n2)cc(OC)c1OC. The minimum Gasteiger partial charge on any atom is -0.493 e. The van der Waals surface area contributed by atoms with E-state index in [2.05, 4.69) is 42.0 Å². The fourth-order valence-electron chi connectivity index (χ4n) is 4.05. The van der Waals surface area contributed by atoms with E-state index >= 15 is 0 Å². The number of H-pyrrole nitrogens is 1. The van der Waals surface area contributed by atoms with Gasteiger partial charge in [-0.1, -0.05) is 18.2 Å². The molecule has 0 aliphatic heterocycles. The minimum absolute atomic E-state index is 0.208. The van der Waals surface area contributed by atoms with Gasteiger partial charge in [-0.05, 0) is 38.0 Å². The van der Waals surface area contributed by atoms with Crippen molar-refractivity contribution >= 4 is 34.5 Å². The summed E-state index contributed by atoms with van der Waals surface area (Å²) in [6, 6.07) is 12.7. The monoisotopic (exact) mass is 517 g/mol. The number of carbonyl (C=O) groups excluding carboxylic acids is 1. The van der Waals surface area contributed by atoms with Crippen molar-refractivity contribution in [1.82, 2.24) is 20.3 Å². The van der Waals surface area contributed by atoms with Crippen LogP contribution in [-0.4, -0.2) is 54.8 Å². The summed E-state index contributed by atoms with van der Waals surface area (Å²) in [5.41, 5.74) is 4.22. The van der Waals surface area contributed by atoms with Crippen LogP contribution in [0, 0.1) is 13.8 Å². The topological polar surface area (TPSA) is 135 Å². The number of fused-ring (bicyclic) bond motifs is 1. The molecule has 0 unspecified atom stereocenters. The Bertz CT molecular complexity index is 1420. The molecule has 0 fully saturated rings. The van der Waals surface area contributed by atoms with Crippen molar-refractivity contribution in [2.75, 3.05) is 38.5 Å². The molecule has 198 valence electrons. The van der Waals surface area contributed by atoms with Crippen LogP contribution in [0.4, 0.5) is 16.4 Å². The number of nitrogens with zero attached hydrogens (tertiary/aromatic N) is 3. The summed E-state index contributed by atoms with van der Waals surface area (Å²) in [6.07, 6.45) is 2.64. The van der Waals surface area contributed by atoms with Gasteiger partial charge in [-0.25, -0.2) is 14.8 Å². The maximum Gasteiger partial charge on any atom is 0.326 e. The Morgan fingerprint density at radius 3 is 2.29 bits per heavy atom.